The molecule has 0 bridgehead atoms. The molecule has 0 aromatic heterocycles. The van der Waals surface area contributed by atoms with Crippen LogP contribution in [0.2, 0.25) is 0 Å². The average molecular weight is 451 g/mol. The number of barbiturate groups is 1. The highest BCUT2D eigenvalue weighted by molar-refractivity contribution is 6.39. The summed E-state index contributed by atoms with van der Waals surface area (Å²) in [6, 6.07) is 9.69. The zero-order valence-corrected chi connectivity index (χ0v) is 19.6. The van der Waals surface area contributed by atoms with Gasteiger partial charge in [0.25, 0.3) is 11.8 Å². The molecule has 33 heavy (non-hydrogen) atoms. The van der Waals surface area contributed by atoms with Crippen LogP contribution in [0.1, 0.15) is 49.3 Å². The smallest absolute Gasteiger partial charge is 0.335 e. The van der Waals surface area contributed by atoms with Crippen LogP contribution in [0.3, 0.4) is 0 Å². The maximum absolute atomic E-state index is 13.1. The molecule has 0 atom stereocenters. The number of nitrogens with zero attached hydrogens (tertiary/aromatic N) is 1. The third kappa shape index (κ3) is 5.61. The molecule has 7 nitrogen and oxygen atoms in total. The Morgan fingerprint density at radius 3 is 2.42 bits per heavy atom. The standard InChI is InChI=1S/C26H30N2O5/c1-5-6-7-8-13-33-22-12-10-19(16-23(22)32-4)15-21-24(29)27-26(31)28(25(21)30)20-11-9-17(2)18(3)14-20/h9-12,14-16H,5-8,13H2,1-4H3,(H,27,29,31). The van der Waals surface area contributed by atoms with E-state index in [4.69, 9.17) is 9.47 Å². The van der Waals surface area contributed by atoms with E-state index in [2.05, 4.69) is 12.2 Å². The van der Waals surface area contributed by atoms with Crippen molar-refractivity contribution in [2.45, 2.75) is 46.5 Å². The topological polar surface area (TPSA) is 84.9 Å². The predicted octanol–water partition coefficient (Wildman–Crippen LogP) is 4.94. The molecule has 4 amide bonds. The Bertz CT molecular complexity index is 1090. The minimum absolute atomic E-state index is 0.136. The number of hydrogen-bond acceptors (Lipinski definition) is 5. The van der Waals surface area contributed by atoms with Crippen molar-refractivity contribution in [1.29, 1.82) is 0 Å². The van der Waals surface area contributed by atoms with Gasteiger partial charge in [-0.2, -0.15) is 0 Å². The number of methoxy groups -OCH3 is 1. The lowest BCUT2D eigenvalue weighted by molar-refractivity contribution is -0.122. The number of anilines is 1. The number of nitrogens with one attached hydrogen (secondary N) is 1. The van der Waals surface area contributed by atoms with Crippen LogP contribution in [0, 0.1) is 13.8 Å². The van der Waals surface area contributed by atoms with E-state index in [0.29, 0.717) is 29.4 Å². The molecule has 7 heteroatoms. The third-order valence-electron chi connectivity index (χ3n) is 5.60. The summed E-state index contributed by atoms with van der Waals surface area (Å²) in [5.74, 6) is -0.310. The molecule has 1 aliphatic rings. The van der Waals surface area contributed by atoms with E-state index in [0.717, 1.165) is 35.3 Å². The van der Waals surface area contributed by atoms with E-state index in [1.165, 1.54) is 19.6 Å². The van der Waals surface area contributed by atoms with Crippen molar-refractivity contribution in [3.05, 3.63) is 58.7 Å². The van der Waals surface area contributed by atoms with E-state index >= 15 is 0 Å². The molecule has 174 valence electrons. The molecule has 0 aliphatic carbocycles. The van der Waals surface area contributed by atoms with Crippen LogP contribution in [-0.2, 0) is 9.59 Å². The number of carbonyl (C=O) groups is 3. The van der Waals surface area contributed by atoms with Crippen LogP contribution in [0.15, 0.2) is 42.0 Å². The molecule has 0 saturated carbocycles. The molecule has 1 heterocycles. The second-order valence-electron chi connectivity index (χ2n) is 8.05. The summed E-state index contributed by atoms with van der Waals surface area (Å²) >= 11 is 0. The Morgan fingerprint density at radius 1 is 0.939 bits per heavy atom. The van der Waals surface area contributed by atoms with Gasteiger partial charge in [-0.3, -0.25) is 14.9 Å². The van der Waals surface area contributed by atoms with Gasteiger partial charge in [-0.25, -0.2) is 9.69 Å². The highest BCUT2D eigenvalue weighted by Crippen LogP contribution is 2.30. The molecule has 3 rings (SSSR count). The summed E-state index contributed by atoms with van der Waals surface area (Å²) in [5, 5.41) is 2.25. The number of unbranched alkanes of at least 4 members (excludes halogenated alkanes) is 3. The van der Waals surface area contributed by atoms with Gasteiger partial charge in [0.1, 0.15) is 5.57 Å². The van der Waals surface area contributed by atoms with E-state index < -0.39 is 17.8 Å². The summed E-state index contributed by atoms with van der Waals surface area (Å²) in [5.41, 5.74) is 2.82. The quantitative estimate of drug-likeness (QED) is 0.332. The second kappa shape index (κ2) is 10.8. The molecule has 1 fully saturated rings. The van der Waals surface area contributed by atoms with Gasteiger partial charge in [-0.15, -0.1) is 0 Å². The molecule has 2 aromatic carbocycles. The number of carbonyl (C=O) groups excluding carboxylic acids is 3. The van der Waals surface area contributed by atoms with Crippen molar-refractivity contribution in [3.63, 3.8) is 0 Å². The van der Waals surface area contributed by atoms with Gasteiger partial charge in [-0.1, -0.05) is 38.3 Å². The van der Waals surface area contributed by atoms with Crippen LogP contribution in [0.25, 0.3) is 6.08 Å². The van der Waals surface area contributed by atoms with Crippen molar-refractivity contribution >= 4 is 29.6 Å². The molecule has 0 spiro atoms. The first-order valence-corrected chi connectivity index (χ1v) is 11.1. The Labute approximate surface area is 194 Å². The monoisotopic (exact) mass is 450 g/mol. The summed E-state index contributed by atoms with van der Waals surface area (Å²) in [6.07, 6.45) is 5.85. The highest BCUT2D eigenvalue weighted by Gasteiger charge is 2.36. The van der Waals surface area contributed by atoms with E-state index in [-0.39, 0.29) is 5.57 Å². The first kappa shape index (κ1) is 24.0. The number of hydrogen-bond donors (Lipinski definition) is 1. The van der Waals surface area contributed by atoms with Crippen LogP contribution >= 0.6 is 0 Å². The van der Waals surface area contributed by atoms with E-state index in [1.807, 2.05) is 19.9 Å². The Kier molecular flexibility index (Phi) is 7.87. The molecular weight excluding hydrogens is 420 g/mol. The molecule has 0 unspecified atom stereocenters. The maximum atomic E-state index is 13.1. The van der Waals surface area contributed by atoms with Crippen molar-refractivity contribution < 1.29 is 23.9 Å². The van der Waals surface area contributed by atoms with Gasteiger partial charge in [0.05, 0.1) is 19.4 Å². The number of urea groups is 1. The van der Waals surface area contributed by atoms with Crippen LogP contribution < -0.4 is 19.7 Å². The van der Waals surface area contributed by atoms with Crippen molar-refractivity contribution in [2.75, 3.05) is 18.6 Å². The number of aryl methyl sites for hydroxylation is 2. The second-order valence-corrected chi connectivity index (χ2v) is 8.05. The van der Waals surface area contributed by atoms with Gasteiger partial charge in [0.2, 0.25) is 0 Å². The lowest BCUT2D eigenvalue weighted by Crippen LogP contribution is -2.54. The average Bonchev–Trinajstić information content (AvgIpc) is 2.79. The van der Waals surface area contributed by atoms with Gasteiger partial charge < -0.3 is 9.47 Å². The fraction of sp³-hybridized carbons (Fsp3) is 0.346. The van der Waals surface area contributed by atoms with Crippen LogP contribution in [-0.4, -0.2) is 31.6 Å². The fourth-order valence-electron chi connectivity index (χ4n) is 3.53. The van der Waals surface area contributed by atoms with Crippen molar-refractivity contribution in [1.82, 2.24) is 5.32 Å². The molecule has 1 saturated heterocycles. The van der Waals surface area contributed by atoms with Gasteiger partial charge >= 0.3 is 6.03 Å². The Morgan fingerprint density at radius 2 is 1.73 bits per heavy atom. The zero-order chi connectivity index (χ0) is 24.0. The first-order chi connectivity index (χ1) is 15.8. The summed E-state index contributed by atoms with van der Waals surface area (Å²) in [4.78, 5) is 39.0. The number of ether oxygens (including phenoxy) is 2. The first-order valence-electron chi connectivity index (χ1n) is 11.1. The third-order valence-corrected chi connectivity index (χ3v) is 5.60. The normalized spacial score (nSPS) is 15.1. The predicted molar refractivity (Wildman–Crippen MR) is 128 cm³/mol. The van der Waals surface area contributed by atoms with Gasteiger partial charge in [0, 0.05) is 0 Å². The number of benzene rings is 2. The Balaban J connectivity index is 1.84. The summed E-state index contributed by atoms with van der Waals surface area (Å²) in [7, 11) is 1.54. The Hall–Kier alpha value is -3.61. The molecular formula is C26H30N2O5. The van der Waals surface area contributed by atoms with E-state index in [9.17, 15) is 14.4 Å². The van der Waals surface area contributed by atoms with E-state index in [1.54, 1.807) is 30.3 Å². The number of amides is 4. The minimum Gasteiger partial charge on any atom is -0.493 e. The van der Waals surface area contributed by atoms with Gasteiger partial charge in [0.15, 0.2) is 11.5 Å². The largest absolute Gasteiger partial charge is 0.493 e. The highest BCUT2D eigenvalue weighted by atomic mass is 16.5. The van der Waals surface area contributed by atoms with Crippen LogP contribution in [0.5, 0.6) is 11.5 Å². The minimum atomic E-state index is -0.769. The zero-order valence-electron chi connectivity index (χ0n) is 19.6. The SMILES string of the molecule is CCCCCCOc1ccc(C=C2C(=O)NC(=O)N(c3ccc(C)c(C)c3)C2=O)cc1OC. The number of imide groups is 2. The maximum Gasteiger partial charge on any atom is 0.335 e. The lowest BCUT2D eigenvalue weighted by Gasteiger charge is -2.26. The molecule has 1 aliphatic heterocycles. The van der Waals surface area contributed by atoms with Crippen LogP contribution in [0.4, 0.5) is 10.5 Å². The summed E-state index contributed by atoms with van der Waals surface area (Å²) < 4.78 is 11.3. The molecule has 0 radical (unpaired) electrons. The fourth-order valence-corrected chi connectivity index (χ4v) is 3.53. The van der Waals surface area contributed by atoms with Crippen molar-refractivity contribution in [3.8, 4) is 11.5 Å². The lowest BCUT2D eigenvalue weighted by atomic mass is 10.0. The van der Waals surface area contributed by atoms with Gasteiger partial charge in [-0.05, 0) is 67.3 Å². The molecule has 1 N–H and O–H groups in total. The summed E-state index contributed by atoms with van der Waals surface area (Å²) in [6.45, 7) is 6.58. The number of rotatable bonds is 9. The van der Waals surface area contributed by atoms with Crippen molar-refractivity contribution in [2.24, 2.45) is 0 Å². The molecule has 2 aromatic rings.